The minimum absolute atomic E-state index is 0.0696. The molecular weight excluding hydrogens is 385 g/mol. The van der Waals surface area contributed by atoms with E-state index in [9.17, 15) is 21.6 Å². The summed E-state index contributed by atoms with van der Waals surface area (Å²) in [5.41, 5.74) is 4.24. The Morgan fingerprint density at radius 3 is 2.52 bits per heavy atom. The molecule has 0 bridgehead atoms. The fraction of sp³-hybridized carbons (Fsp3) is 0.267. The zero-order chi connectivity index (χ0) is 20.0. The van der Waals surface area contributed by atoms with Crippen LogP contribution in [0.2, 0.25) is 0 Å². The molecule has 3 aromatic rings. The van der Waals surface area contributed by atoms with Crippen LogP contribution in [0.5, 0.6) is 0 Å². The summed E-state index contributed by atoms with van der Waals surface area (Å²) < 4.78 is 66.9. The standard InChI is InChI=1S/C15H15F3N6O2S/c1-14(2,15(16,17)18)23-27(25,26)11-5-10(7-20-8-11)9-3-4-24-12(6-9)21-13(19)22-24/h3-8,23H,1-2H3,(H2,19,22). The molecule has 0 atom stereocenters. The maximum atomic E-state index is 13.0. The quantitative estimate of drug-likeness (QED) is 0.692. The van der Waals surface area contributed by atoms with E-state index in [4.69, 9.17) is 5.73 Å². The third-order valence-corrected chi connectivity index (χ3v) is 5.43. The van der Waals surface area contributed by atoms with Crippen molar-refractivity contribution in [2.75, 3.05) is 5.73 Å². The first-order valence-corrected chi connectivity index (χ1v) is 9.05. The van der Waals surface area contributed by atoms with Gasteiger partial charge < -0.3 is 5.73 Å². The van der Waals surface area contributed by atoms with Gasteiger partial charge in [0.15, 0.2) is 5.65 Å². The summed E-state index contributed by atoms with van der Waals surface area (Å²) in [7, 11) is -4.46. The van der Waals surface area contributed by atoms with Crippen LogP contribution in [-0.2, 0) is 10.0 Å². The number of fused-ring (bicyclic) bond motifs is 1. The van der Waals surface area contributed by atoms with E-state index in [0.717, 1.165) is 20.0 Å². The van der Waals surface area contributed by atoms with E-state index >= 15 is 0 Å². The molecule has 0 aromatic carbocycles. The van der Waals surface area contributed by atoms with Gasteiger partial charge in [-0.15, -0.1) is 5.10 Å². The van der Waals surface area contributed by atoms with E-state index in [1.807, 2.05) is 0 Å². The van der Waals surface area contributed by atoms with Crippen LogP contribution < -0.4 is 10.5 Å². The number of aromatic nitrogens is 4. The first-order valence-electron chi connectivity index (χ1n) is 7.57. The second kappa shape index (κ2) is 6.16. The van der Waals surface area contributed by atoms with Gasteiger partial charge in [-0.1, -0.05) is 0 Å². The number of nitrogen functional groups attached to an aromatic ring is 1. The molecule has 0 saturated carbocycles. The number of anilines is 1. The fourth-order valence-electron chi connectivity index (χ4n) is 2.25. The number of nitrogens with zero attached hydrogens (tertiary/aromatic N) is 4. The summed E-state index contributed by atoms with van der Waals surface area (Å²) in [6, 6.07) is 4.46. The number of sulfonamides is 1. The molecule has 3 aromatic heterocycles. The third kappa shape index (κ3) is 3.71. The molecule has 3 heterocycles. The molecule has 3 N–H and O–H groups in total. The average molecular weight is 400 g/mol. The molecule has 0 aliphatic carbocycles. The van der Waals surface area contributed by atoms with Crippen LogP contribution in [0.3, 0.4) is 0 Å². The Morgan fingerprint density at radius 1 is 1.15 bits per heavy atom. The van der Waals surface area contributed by atoms with Crippen molar-refractivity contribution in [1.29, 1.82) is 0 Å². The fourth-order valence-corrected chi connectivity index (χ4v) is 3.64. The normalized spacial score (nSPS) is 13.2. The van der Waals surface area contributed by atoms with Crippen molar-refractivity contribution in [3.05, 3.63) is 36.8 Å². The van der Waals surface area contributed by atoms with Gasteiger partial charge in [-0.25, -0.2) is 12.9 Å². The number of hydrogen-bond donors (Lipinski definition) is 2. The molecule has 0 aliphatic heterocycles. The third-order valence-electron chi connectivity index (χ3n) is 3.81. The Hall–Kier alpha value is -2.73. The lowest BCUT2D eigenvalue weighted by atomic mass is 10.1. The van der Waals surface area contributed by atoms with Crippen molar-refractivity contribution in [1.82, 2.24) is 24.3 Å². The first kappa shape index (κ1) is 19.0. The van der Waals surface area contributed by atoms with Gasteiger partial charge in [0.2, 0.25) is 16.0 Å². The summed E-state index contributed by atoms with van der Waals surface area (Å²) in [5.74, 6) is 0.0696. The summed E-state index contributed by atoms with van der Waals surface area (Å²) in [5, 5.41) is 3.92. The van der Waals surface area contributed by atoms with Crippen LogP contribution in [0.1, 0.15) is 13.8 Å². The van der Waals surface area contributed by atoms with Crippen molar-refractivity contribution < 1.29 is 21.6 Å². The molecule has 0 spiro atoms. The largest absolute Gasteiger partial charge is 0.407 e. The van der Waals surface area contributed by atoms with Crippen molar-refractivity contribution in [3.8, 4) is 11.1 Å². The first-order chi connectivity index (χ1) is 12.4. The Bertz CT molecular complexity index is 1110. The monoisotopic (exact) mass is 400 g/mol. The number of halogens is 3. The SMILES string of the molecule is CC(C)(NS(=O)(=O)c1cncc(-c2ccn3nc(N)nc3c2)c1)C(F)(F)F. The molecule has 0 radical (unpaired) electrons. The molecule has 27 heavy (non-hydrogen) atoms. The predicted molar refractivity (Wildman–Crippen MR) is 91.1 cm³/mol. The molecule has 0 aliphatic rings. The van der Waals surface area contributed by atoms with E-state index in [1.54, 1.807) is 23.1 Å². The van der Waals surface area contributed by atoms with Crippen molar-refractivity contribution in [2.45, 2.75) is 30.5 Å². The molecule has 0 amide bonds. The second-order valence-corrected chi connectivity index (χ2v) is 8.01. The molecule has 0 fully saturated rings. The molecule has 0 saturated heterocycles. The zero-order valence-electron chi connectivity index (χ0n) is 14.2. The van der Waals surface area contributed by atoms with Crippen LogP contribution >= 0.6 is 0 Å². The van der Waals surface area contributed by atoms with Gasteiger partial charge in [0.25, 0.3) is 0 Å². The van der Waals surface area contributed by atoms with Crippen LogP contribution in [0.4, 0.5) is 19.1 Å². The van der Waals surface area contributed by atoms with Gasteiger partial charge in [0, 0.05) is 24.2 Å². The number of nitrogens with two attached hydrogens (primary N) is 1. The van der Waals surface area contributed by atoms with Gasteiger partial charge >= 0.3 is 6.18 Å². The van der Waals surface area contributed by atoms with Crippen LogP contribution in [-0.4, -0.2) is 39.7 Å². The molecule has 8 nitrogen and oxygen atoms in total. The molecule has 144 valence electrons. The van der Waals surface area contributed by atoms with Gasteiger partial charge in [-0.3, -0.25) is 4.98 Å². The highest BCUT2D eigenvalue weighted by Gasteiger charge is 2.49. The Kier molecular flexibility index (Phi) is 4.35. The van der Waals surface area contributed by atoms with E-state index in [-0.39, 0.29) is 5.95 Å². The van der Waals surface area contributed by atoms with Crippen LogP contribution in [0.15, 0.2) is 41.7 Å². The molecule has 3 rings (SSSR count). The van der Waals surface area contributed by atoms with Gasteiger partial charge in [0.1, 0.15) is 10.4 Å². The Labute approximate surface area is 152 Å². The lowest BCUT2D eigenvalue weighted by molar-refractivity contribution is -0.180. The van der Waals surface area contributed by atoms with Gasteiger partial charge in [-0.2, -0.15) is 22.9 Å². The summed E-state index contributed by atoms with van der Waals surface area (Å²) >= 11 is 0. The van der Waals surface area contributed by atoms with Crippen molar-refractivity contribution in [2.24, 2.45) is 0 Å². The predicted octanol–water partition coefficient (Wildman–Crippen LogP) is 1.99. The topological polar surface area (TPSA) is 115 Å². The maximum absolute atomic E-state index is 13.0. The van der Waals surface area contributed by atoms with Crippen molar-refractivity contribution >= 4 is 21.6 Å². The number of pyridine rings is 2. The van der Waals surface area contributed by atoms with E-state index in [1.165, 1.54) is 16.8 Å². The van der Waals surface area contributed by atoms with Gasteiger partial charge in [-0.05, 0) is 37.6 Å². The minimum Gasteiger partial charge on any atom is -0.366 e. The van der Waals surface area contributed by atoms with Gasteiger partial charge in [0.05, 0.1) is 0 Å². The minimum atomic E-state index is -4.76. The van der Waals surface area contributed by atoms with Crippen molar-refractivity contribution in [3.63, 3.8) is 0 Å². The number of hydrogen-bond acceptors (Lipinski definition) is 6. The summed E-state index contributed by atoms with van der Waals surface area (Å²) in [6.45, 7) is 1.48. The lowest BCUT2D eigenvalue weighted by Gasteiger charge is -2.28. The number of alkyl halides is 3. The van der Waals surface area contributed by atoms with Crippen LogP contribution in [0.25, 0.3) is 16.8 Å². The molecule has 12 heteroatoms. The van der Waals surface area contributed by atoms with E-state index < -0.39 is 26.6 Å². The highest BCUT2D eigenvalue weighted by Crippen LogP contribution is 2.31. The second-order valence-electron chi connectivity index (χ2n) is 6.33. The molecule has 0 unspecified atom stereocenters. The maximum Gasteiger partial charge on any atom is 0.407 e. The number of rotatable bonds is 4. The highest BCUT2D eigenvalue weighted by atomic mass is 32.2. The Balaban J connectivity index is 1.99. The highest BCUT2D eigenvalue weighted by molar-refractivity contribution is 7.89. The van der Waals surface area contributed by atoms with Crippen LogP contribution in [0, 0.1) is 0 Å². The Morgan fingerprint density at radius 2 is 1.85 bits per heavy atom. The smallest absolute Gasteiger partial charge is 0.366 e. The summed E-state index contributed by atoms with van der Waals surface area (Å²) in [4.78, 5) is 7.45. The molecular formula is C15H15F3N6O2S. The number of nitrogens with one attached hydrogen (secondary N) is 1. The van der Waals surface area contributed by atoms with E-state index in [0.29, 0.717) is 16.8 Å². The summed E-state index contributed by atoms with van der Waals surface area (Å²) in [6.07, 6.45) is -0.824. The van der Waals surface area contributed by atoms with E-state index in [2.05, 4.69) is 15.1 Å². The lowest BCUT2D eigenvalue weighted by Crippen LogP contribution is -2.54. The average Bonchev–Trinajstić information content (AvgIpc) is 2.92. The zero-order valence-corrected chi connectivity index (χ0v) is 15.0.